The van der Waals surface area contributed by atoms with Crippen molar-refractivity contribution in [3.05, 3.63) is 59.7 Å². The number of ketones is 1. The number of aliphatic hydroxyl groups excluding tert-OH is 1. The zero-order valence-corrected chi connectivity index (χ0v) is 22.1. The average Bonchev–Trinajstić information content (AvgIpc) is 2.85. The molecule has 0 aliphatic carbocycles. The number of unbranched alkanes of at least 4 members (excludes halogenated alkanes) is 4. The van der Waals surface area contributed by atoms with E-state index in [0.29, 0.717) is 31.8 Å². The first-order chi connectivity index (χ1) is 17.0. The van der Waals surface area contributed by atoms with Crippen molar-refractivity contribution in [1.29, 1.82) is 0 Å². The van der Waals surface area contributed by atoms with Crippen molar-refractivity contribution in [3.63, 3.8) is 0 Å². The third-order valence-electron chi connectivity index (χ3n) is 6.41. The van der Waals surface area contributed by atoms with Crippen molar-refractivity contribution in [2.75, 3.05) is 13.7 Å². The molecule has 0 aromatic heterocycles. The highest BCUT2D eigenvalue weighted by molar-refractivity contribution is 5.79. The van der Waals surface area contributed by atoms with Crippen LogP contribution >= 0.6 is 0 Å². The smallest absolute Gasteiger partial charge is 0.161 e. The van der Waals surface area contributed by atoms with Gasteiger partial charge >= 0.3 is 0 Å². The van der Waals surface area contributed by atoms with Crippen molar-refractivity contribution >= 4 is 5.78 Å². The van der Waals surface area contributed by atoms with Gasteiger partial charge in [-0.3, -0.25) is 4.79 Å². The fourth-order valence-electron chi connectivity index (χ4n) is 4.30. The van der Waals surface area contributed by atoms with E-state index < -0.39 is 6.10 Å². The summed E-state index contributed by atoms with van der Waals surface area (Å²) in [5.74, 6) is 2.25. The van der Waals surface area contributed by atoms with Crippen LogP contribution in [0.5, 0.6) is 11.5 Å². The van der Waals surface area contributed by atoms with Gasteiger partial charge < -0.3 is 14.6 Å². The van der Waals surface area contributed by atoms with E-state index in [1.165, 1.54) is 24.8 Å². The largest absolute Gasteiger partial charge is 0.493 e. The molecule has 0 spiro atoms. The van der Waals surface area contributed by atoms with E-state index in [2.05, 4.69) is 44.2 Å². The van der Waals surface area contributed by atoms with E-state index in [1.54, 1.807) is 7.11 Å². The summed E-state index contributed by atoms with van der Waals surface area (Å²) in [6.45, 7) is 5.09. The van der Waals surface area contributed by atoms with Crippen molar-refractivity contribution in [3.8, 4) is 11.5 Å². The van der Waals surface area contributed by atoms with Gasteiger partial charge in [0.05, 0.1) is 19.8 Å². The Bertz CT molecular complexity index is 831. The molecule has 4 nitrogen and oxygen atoms in total. The topological polar surface area (TPSA) is 55.8 Å². The van der Waals surface area contributed by atoms with Gasteiger partial charge in [-0.25, -0.2) is 0 Å². The van der Waals surface area contributed by atoms with Crippen LogP contribution in [0.3, 0.4) is 0 Å². The molecule has 0 saturated heterocycles. The lowest BCUT2D eigenvalue weighted by molar-refractivity contribution is -0.121. The molecule has 0 aliphatic heterocycles. The first kappa shape index (κ1) is 28.9. The molecule has 0 bridgehead atoms. The van der Waals surface area contributed by atoms with Crippen LogP contribution in [0.15, 0.2) is 48.5 Å². The van der Waals surface area contributed by atoms with Crippen LogP contribution in [0.25, 0.3) is 0 Å². The van der Waals surface area contributed by atoms with E-state index in [9.17, 15) is 9.90 Å². The molecule has 0 radical (unpaired) electrons. The minimum absolute atomic E-state index is 0.121. The predicted molar refractivity (Wildman–Crippen MR) is 144 cm³/mol. The number of rotatable bonds is 19. The SMILES string of the molecule is COc1ccc(CCC(=O)CC(O)CCCCCCCc2ccccc2)cc1OCCCC(C)C. The van der Waals surface area contributed by atoms with Crippen LogP contribution in [0.2, 0.25) is 0 Å². The van der Waals surface area contributed by atoms with E-state index >= 15 is 0 Å². The average molecular weight is 483 g/mol. The van der Waals surface area contributed by atoms with Crippen LogP contribution in [0.1, 0.15) is 89.2 Å². The van der Waals surface area contributed by atoms with E-state index in [0.717, 1.165) is 49.2 Å². The number of methoxy groups -OCH3 is 1. The number of aryl methyl sites for hydroxylation is 2. The molecule has 0 fully saturated rings. The Morgan fingerprint density at radius 1 is 0.829 bits per heavy atom. The van der Waals surface area contributed by atoms with Gasteiger partial charge in [-0.2, -0.15) is 0 Å². The van der Waals surface area contributed by atoms with Crippen molar-refractivity contribution < 1.29 is 19.4 Å². The number of ether oxygens (including phenoxy) is 2. The monoisotopic (exact) mass is 482 g/mol. The Hall–Kier alpha value is -2.33. The Morgan fingerprint density at radius 2 is 1.57 bits per heavy atom. The third-order valence-corrected chi connectivity index (χ3v) is 6.41. The number of Topliss-reactive ketones (excluding diaryl/α,β-unsaturated/α-hetero) is 1. The number of aliphatic hydroxyl groups is 1. The van der Waals surface area contributed by atoms with Gasteiger partial charge in [0.15, 0.2) is 11.5 Å². The van der Waals surface area contributed by atoms with Crippen LogP contribution in [-0.4, -0.2) is 30.7 Å². The second-order valence-electron chi connectivity index (χ2n) is 10.1. The Morgan fingerprint density at radius 3 is 2.31 bits per heavy atom. The molecular formula is C31H46O4. The number of benzene rings is 2. The van der Waals surface area contributed by atoms with Gasteiger partial charge in [-0.05, 0) is 67.7 Å². The molecule has 0 saturated carbocycles. The van der Waals surface area contributed by atoms with Crippen LogP contribution < -0.4 is 9.47 Å². The van der Waals surface area contributed by atoms with E-state index in [-0.39, 0.29) is 12.2 Å². The van der Waals surface area contributed by atoms with Gasteiger partial charge in [0.1, 0.15) is 5.78 Å². The molecule has 0 heterocycles. The zero-order chi connectivity index (χ0) is 25.3. The van der Waals surface area contributed by atoms with Crippen LogP contribution in [0.4, 0.5) is 0 Å². The standard InChI is InChI=1S/C31H46O4/c1-25(2)13-12-22-35-31-23-27(19-21-30(31)34-3)18-20-29(33)24-28(32)17-11-6-4-5-8-14-26-15-9-7-10-16-26/h7,9-10,15-16,19,21,23,25,28,32H,4-6,8,11-14,17-18,20,22,24H2,1-3H3. The Kier molecular flexibility index (Phi) is 14.2. The minimum Gasteiger partial charge on any atom is -0.493 e. The quantitative estimate of drug-likeness (QED) is 0.213. The maximum atomic E-state index is 12.4. The Balaban J connectivity index is 1.59. The summed E-state index contributed by atoms with van der Waals surface area (Å²) in [5.41, 5.74) is 2.46. The van der Waals surface area contributed by atoms with Gasteiger partial charge in [0, 0.05) is 12.8 Å². The molecule has 2 aromatic rings. The highest BCUT2D eigenvalue weighted by Gasteiger charge is 2.12. The lowest BCUT2D eigenvalue weighted by Crippen LogP contribution is -2.14. The van der Waals surface area contributed by atoms with Crippen molar-refractivity contribution in [1.82, 2.24) is 0 Å². The van der Waals surface area contributed by atoms with Crippen LogP contribution in [0, 0.1) is 5.92 Å². The first-order valence-electron chi connectivity index (χ1n) is 13.5. The number of hydrogen-bond donors (Lipinski definition) is 1. The van der Waals surface area contributed by atoms with Crippen LogP contribution in [-0.2, 0) is 17.6 Å². The molecular weight excluding hydrogens is 436 g/mol. The first-order valence-corrected chi connectivity index (χ1v) is 13.5. The summed E-state index contributed by atoms with van der Waals surface area (Å²) in [7, 11) is 1.64. The van der Waals surface area contributed by atoms with Gasteiger partial charge in [-0.1, -0.05) is 75.9 Å². The molecule has 0 amide bonds. The summed E-state index contributed by atoms with van der Waals surface area (Å²) < 4.78 is 11.4. The molecule has 4 heteroatoms. The second-order valence-corrected chi connectivity index (χ2v) is 10.1. The lowest BCUT2D eigenvalue weighted by atomic mass is 10.00. The molecule has 194 valence electrons. The highest BCUT2D eigenvalue weighted by Crippen LogP contribution is 2.29. The molecule has 1 unspecified atom stereocenters. The second kappa shape index (κ2) is 17.2. The maximum Gasteiger partial charge on any atom is 0.161 e. The fraction of sp³-hybridized carbons (Fsp3) is 0.581. The molecule has 1 N–H and O–H groups in total. The Labute approximate surface area is 213 Å². The summed E-state index contributed by atoms with van der Waals surface area (Å²) in [5, 5.41) is 10.3. The summed E-state index contributed by atoms with van der Waals surface area (Å²) >= 11 is 0. The number of hydrogen-bond acceptors (Lipinski definition) is 4. The fourth-order valence-corrected chi connectivity index (χ4v) is 4.30. The molecule has 2 aromatic carbocycles. The zero-order valence-electron chi connectivity index (χ0n) is 22.1. The van der Waals surface area contributed by atoms with Crippen molar-refractivity contribution in [2.24, 2.45) is 5.92 Å². The third kappa shape index (κ3) is 12.8. The maximum absolute atomic E-state index is 12.4. The normalized spacial score (nSPS) is 12.0. The summed E-state index contributed by atoms with van der Waals surface area (Å²) in [6, 6.07) is 16.5. The van der Waals surface area contributed by atoms with Gasteiger partial charge in [0.25, 0.3) is 0 Å². The molecule has 1 atom stereocenters. The summed E-state index contributed by atoms with van der Waals surface area (Å²) in [4.78, 5) is 12.4. The van der Waals surface area contributed by atoms with E-state index in [4.69, 9.17) is 9.47 Å². The minimum atomic E-state index is -0.525. The molecule has 35 heavy (non-hydrogen) atoms. The van der Waals surface area contributed by atoms with Crippen molar-refractivity contribution in [2.45, 2.75) is 97.0 Å². The predicted octanol–water partition coefficient (Wildman–Crippen LogP) is 7.35. The lowest BCUT2D eigenvalue weighted by Gasteiger charge is -2.13. The molecule has 0 aliphatic rings. The highest BCUT2D eigenvalue weighted by atomic mass is 16.5. The van der Waals surface area contributed by atoms with Gasteiger partial charge in [-0.15, -0.1) is 0 Å². The molecule has 2 rings (SSSR count). The number of carbonyl (C=O) groups is 1. The summed E-state index contributed by atoms with van der Waals surface area (Å²) in [6.07, 6.45) is 10.5. The number of carbonyl (C=O) groups excluding carboxylic acids is 1. The van der Waals surface area contributed by atoms with E-state index in [1.807, 2.05) is 18.2 Å². The van der Waals surface area contributed by atoms with Gasteiger partial charge in [0.2, 0.25) is 0 Å².